The SMILES string of the molecule is C=CCCC1CC(C)C(C)CCCC(C)C(C)C1. The summed E-state index contributed by atoms with van der Waals surface area (Å²) in [5.74, 6) is 4.56. The fraction of sp³-hybridized carbons (Fsp3) is 0.889. The molecule has 0 heteroatoms. The summed E-state index contributed by atoms with van der Waals surface area (Å²) in [6.45, 7) is 13.8. The molecule has 0 aromatic heterocycles. The van der Waals surface area contributed by atoms with Gasteiger partial charge in [-0.05, 0) is 55.3 Å². The molecule has 0 heterocycles. The molecule has 0 radical (unpaired) electrons. The van der Waals surface area contributed by atoms with Crippen LogP contribution in [0.3, 0.4) is 0 Å². The first-order valence-corrected chi connectivity index (χ1v) is 8.15. The van der Waals surface area contributed by atoms with Crippen LogP contribution >= 0.6 is 0 Å². The van der Waals surface area contributed by atoms with Gasteiger partial charge in [-0.1, -0.05) is 53.0 Å². The van der Waals surface area contributed by atoms with Crippen molar-refractivity contribution in [3.05, 3.63) is 12.7 Å². The van der Waals surface area contributed by atoms with Crippen LogP contribution in [0.2, 0.25) is 0 Å². The molecule has 4 atom stereocenters. The Labute approximate surface area is 115 Å². The Morgan fingerprint density at radius 1 is 0.889 bits per heavy atom. The van der Waals surface area contributed by atoms with Crippen LogP contribution in [0, 0.1) is 29.6 Å². The first-order valence-electron chi connectivity index (χ1n) is 8.15. The molecule has 18 heavy (non-hydrogen) atoms. The minimum absolute atomic E-state index is 0.903. The summed E-state index contributed by atoms with van der Waals surface area (Å²) >= 11 is 0. The first-order chi connectivity index (χ1) is 8.54. The quantitative estimate of drug-likeness (QED) is 0.533. The summed E-state index contributed by atoms with van der Waals surface area (Å²) < 4.78 is 0. The molecule has 1 aliphatic rings. The molecule has 0 N–H and O–H groups in total. The third-order valence-corrected chi connectivity index (χ3v) is 5.45. The molecule has 0 aromatic rings. The Bertz CT molecular complexity index is 212. The highest BCUT2D eigenvalue weighted by Gasteiger charge is 2.23. The van der Waals surface area contributed by atoms with Crippen LogP contribution in [0.1, 0.15) is 72.6 Å². The average Bonchev–Trinajstić information content (AvgIpc) is 2.34. The number of rotatable bonds is 3. The molecule has 0 spiro atoms. The van der Waals surface area contributed by atoms with Gasteiger partial charge in [0.1, 0.15) is 0 Å². The summed E-state index contributed by atoms with van der Waals surface area (Å²) in [5.41, 5.74) is 0. The number of hydrogen-bond donors (Lipinski definition) is 0. The normalized spacial score (nSPS) is 39.2. The second-order valence-electron chi connectivity index (χ2n) is 7.04. The maximum atomic E-state index is 3.89. The van der Waals surface area contributed by atoms with Gasteiger partial charge in [-0.2, -0.15) is 0 Å². The van der Waals surface area contributed by atoms with Crippen LogP contribution in [-0.2, 0) is 0 Å². The fourth-order valence-electron chi connectivity index (χ4n) is 3.53. The zero-order valence-electron chi connectivity index (χ0n) is 13.1. The zero-order valence-corrected chi connectivity index (χ0v) is 13.1. The highest BCUT2D eigenvalue weighted by Crippen LogP contribution is 2.35. The molecule has 1 aliphatic carbocycles. The van der Waals surface area contributed by atoms with Crippen LogP contribution in [-0.4, -0.2) is 0 Å². The second kappa shape index (κ2) is 8.02. The molecule has 4 unspecified atom stereocenters. The topological polar surface area (TPSA) is 0 Å². The lowest BCUT2D eigenvalue weighted by Gasteiger charge is -2.31. The fourth-order valence-corrected chi connectivity index (χ4v) is 3.53. The Morgan fingerprint density at radius 2 is 1.39 bits per heavy atom. The minimum Gasteiger partial charge on any atom is -0.103 e. The van der Waals surface area contributed by atoms with E-state index in [1.165, 1.54) is 44.9 Å². The van der Waals surface area contributed by atoms with Gasteiger partial charge in [0, 0.05) is 0 Å². The molecule has 1 saturated carbocycles. The van der Waals surface area contributed by atoms with Crippen molar-refractivity contribution in [1.29, 1.82) is 0 Å². The van der Waals surface area contributed by atoms with Gasteiger partial charge in [0.2, 0.25) is 0 Å². The van der Waals surface area contributed by atoms with E-state index in [2.05, 4.69) is 40.3 Å². The molecule has 0 aromatic carbocycles. The molecular formula is C18H34. The Morgan fingerprint density at radius 3 is 1.83 bits per heavy atom. The van der Waals surface area contributed by atoms with Crippen LogP contribution in [0.5, 0.6) is 0 Å². The highest BCUT2D eigenvalue weighted by atomic mass is 14.3. The molecule has 1 rings (SSSR count). The summed E-state index contributed by atoms with van der Waals surface area (Å²) in [6, 6.07) is 0. The lowest BCUT2D eigenvalue weighted by Crippen LogP contribution is -2.20. The van der Waals surface area contributed by atoms with Gasteiger partial charge in [-0.3, -0.25) is 0 Å². The van der Waals surface area contributed by atoms with Crippen LogP contribution in [0.15, 0.2) is 12.7 Å². The molecule has 0 nitrogen and oxygen atoms in total. The molecule has 106 valence electrons. The summed E-state index contributed by atoms with van der Waals surface area (Å²) in [7, 11) is 0. The van der Waals surface area contributed by atoms with E-state index < -0.39 is 0 Å². The number of hydrogen-bond acceptors (Lipinski definition) is 0. The van der Waals surface area contributed by atoms with Crippen molar-refractivity contribution < 1.29 is 0 Å². The van der Waals surface area contributed by atoms with Gasteiger partial charge in [-0.15, -0.1) is 6.58 Å². The largest absolute Gasteiger partial charge is 0.103 e. The molecule has 0 bridgehead atoms. The van der Waals surface area contributed by atoms with E-state index in [4.69, 9.17) is 0 Å². The minimum atomic E-state index is 0.903. The maximum Gasteiger partial charge on any atom is -0.0351 e. The van der Waals surface area contributed by atoms with Gasteiger partial charge in [-0.25, -0.2) is 0 Å². The average molecular weight is 250 g/mol. The van der Waals surface area contributed by atoms with Crippen molar-refractivity contribution >= 4 is 0 Å². The van der Waals surface area contributed by atoms with Gasteiger partial charge in [0.15, 0.2) is 0 Å². The van der Waals surface area contributed by atoms with Gasteiger partial charge >= 0.3 is 0 Å². The van der Waals surface area contributed by atoms with E-state index in [0.717, 1.165) is 29.6 Å². The van der Waals surface area contributed by atoms with Crippen LogP contribution in [0.25, 0.3) is 0 Å². The van der Waals surface area contributed by atoms with Crippen molar-refractivity contribution in [3.63, 3.8) is 0 Å². The Balaban J connectivity index is 2.63. The Hall–Kier alpha value is -0.260. The third-order valence-electron chi connectivity index (χ3n) is 5.45. The van der Waals surface area contributed by atoms with Gasteiger partial charge in [0.25, 0.3) is 0 Å². The second-order valence-corrected chi connectivity index (χ2v) is 7.04. The Kier molecular flexibility index (Phi) is 7.04. The highest BCUT2D eigenvalue weighted by molar-refractivity contribution is 4.77. The molecular weight excluding hydrogens is 216 g/mol. The van der Waals surface area contributed by atoms with Gasteiger partial charge in [0.05, 0.1) is 0 Å². The van der Waals surface area contributed by atoms with Crippen molar-refractivity contribution in [3.8, 4) is 0 Å². The summed E-state index contributed by atoms with van der Waals surface area (Å²) in [5, 5.41) is 0. The van der Waals surface area contributed by atoms with E-state index in [-0.39, 0.29) is 0 Å². The standard InChI is InChI=1S/C18H34/c1-6-7-11-18-12-16(4)14(2)9-8-10-15(3)17(5)13-18/h6,14-18H,1,7-13H2,2-5H3. The monoisotopic (exact) mass is 250 g/mol. The van der Waals surface area contributed by atoms with E-state index in [9.17, 15) is 0 Å². The summed E-state index contributed by atoms with van der Waals surface area (Å²) in [4.78, 5) is 0. The maximum absolute atomic E-state index is 3.89. The predicted octanol–water partition coefficient (Wildman–Crippen LogP) is 6.08. The lowest BCUT2D eigenvalue weighted by atomic mass is 9.74. The molecule has 1 fully saturated rings. The van der Waals surface area contributed by atoms with E-state index in [1.807, 2.05) is 0 Å². The lowest BCUT2D eigenvalue weighted by molar-refractivity contribution is 0.199. The van der Waals surface area contributed by atoms with Crippen LogP contribution < -0.4 is 0 Å². The predicted molar refractivity (Wildman–Crippen MR) is 82.7 cm³/mol. The third kappa shape index (κ3) is 5.16. The van der Waals surface area contributed by atoms with Crippen molar-refractivity contribution in [2.45, 2.75) is 72.6 Å². The van der Waals surface area contributed by atoms with Crippen molar-refractivity contribution in [2.24, 2.45) is 29.6 Å². The zero-order chi connectivity index (χ0) is 13.5. The van der Waals surface area contributed by atoms with Gasteiger partial charge < -0.3 is 0 Å². The van der Waals surface area contributed by atoms with Crippen molar-refractivity contribution in [2.75, 3.05) is 0 Å². The molecule has 0 saturated heterocycles. The van der Waals surface area contributed by atoms with E-state index in [0.29, 0.717) is 0 Å². The molecule has 0 aliphatic heterocycles. The first kappa shape index (κ1) is 15.8. The number of allylic oxidation sites excluding steroid dienone is 1. The van der Waals surface area contributed by atoms with Crippen molar-refractivity contribution in [1.82, 2.24) is 0 Å². The van der Waals surface area contributed by atoms with E-state index in [1.54, 1.807) is 0 Å². The summed E-state index contributed by atoms with van der Waals surface area (Å²) in [6.07, 6.45) is 11.8. The smallest absolute Gasteiger partial charge is 0.0351 e. The van der Waals surface area contributed by atoms with E-state index >= 15 is 0 Å². The molecule has 0 amide bonds. The van der Waals surface area contributed by atoms with Crippen LogP contribution in [0.4, 0.5) is 0 Å².